The molecule has 0 aliphatic carbocycles. The Balaban J connectivity index is 2.75. The molecule has 1 aromatic heterocycles. The van der Waals surface area contributed by atoms with Crippen LogP contribution in [0.3, 0.4) is 0 Å². The molecule has 5 heteroatoms. The number of methoxy groups -OCH3 is 1. The zero-order chi connectivity index (χ0) is 13.0. The highest BCUT2D eigenvalue weighted by molar-refractivity contribution is 7.11. The van der Waals surface area contributed by atoms with E-state index in [0.717, 1.165) is 17.1 Å². The van der Waals surface area contributed by atoms with Crippen LogP contribution in [0.1, 0.15) is 29.4 Å². The third-order valence-electron chi connectivity index (χ3n) is 3.01. The summed E-state index contributed by atoms with van der Waals surface area (Å²) in [4.78, 5) is 5.81. The Morgan fingerprint density at radius 1 is 1.41 bits per heavy atom. The predicted octanol–water partition coefficient (Wildman–Crippen LogP) is 1.81. The quantitative estimate of drug-likeness (QED) is 0.603. The van der Waals surface area contributed by atoms with Gasteiger partial charge in [0.2, 0.25) is 0 Å². The monoisotopic (exact) mass is 257 g/mol. The second-order valence-electron chi connectivity index (χ2n) is 4.67. The van der Waals surface area contributed by atoms with Crippen LogP contribution in [-0.2, 0) is 11.2 Å². The van der Waals surface area contributed by atoms with Gasteiger partial charge in [0.1, 0.15) is 0 Å². The van der Waals surface area contributed by atoms with Crippen molar-refractivity contribution in [2.75, 3.05) is 7.11 Å². The van der Waals surface area contributed by atoms with E-state index < -0.39 is 0 Å². The average molecular weight is 257 g/mol. The number of nitrogens with two attached hydrogens (primary N) is 1. The number of nitrogens with zero attached hydrogens (tertiary/aromatic N) is 1. The fourth-order valence-electron chi connectivity index (χ4n) is 1.99. The highest BCUT2D eigenvalue weighted by atomic mass is 32.1. The van der Waals surface area contributed by atoms with Gasteiger partial charge in [-0.1, -0.05) is 13.8 Å². The van der Waals surface area contributed by atoms with Gasteiger partial charge >= 0.3 is 0 Å². The summed E-state index contributed by atoms with van der Waals surface area (Å²) in [6, 6.07) is 0.102. The lowest BCUT2D eigenvalue weighted by molar-refractivity contribution is 0.0332. The van der Waals surface area contributed by atoms with Crippen LogP contribution in [0, 0.1) is 19.8 Å². The molecule has 0 fully saturated rings. The summed E-state index contributed by atoms with van der Waals surface area (Å²) in [6.45, 7) is 8.40. The molecule has 0 amide bonds. The summed E-state index contributed by atoms with van der Waals surface area (Å²) in [5.74, 6) is 6.05. The minimum absolute atomic E-state index is 0.101. The molecule has 1 heterocycles. The zero-order valence-electron chi connectivity index (χ0n) is 11.3. The van der Waals surface area contributed by atoms with E-state index in [4.69, 9.17) is 10.6 Å². The number of hydrogen-bond acceptors (Lipinski definition) is 5. The van der Waals surface area contributed by atoms with Gasteiger partial charge in [0.15, 0.2) is 0 Å². The normalized spacial score (nSPS) is 15.2. The van der Waals surface area contributed by atoms with Crippen molar-refractivity contribution in [3.05, 3.63) is 15.6 Å². The highest BCUT2D eigenvalue weighted by Crippen LogP contribution is 2.20. The minimum atomic E-state index is 0.101. The smallest absolute Gasteiger partial charge is 0.0947 e. The molecule has 2 atom stereocenters. The van der Waals surface area contributed by atoms with Crippen LogP contribution < -0.4 is 11.3 Å². The number of ether oxygens (including phenoxy) is 1. The van der Waals surface area contributed by atoms with Gasteiger partial charge in [0, 0.05) is 18.4 Å². The molecule has 0 saturated carbocycles. The molecular formula is C12H23N3OS. The summed E-state index contributed by atoms with van der Waals surface area (Å²) < 4.78 is 5.51. The van der Waals surface area contributed by atoms with E-state index >= 15 is 0 Å². The molecule has 2 unspecified atom stereocenters. The van der Waals surface area contributed by atoms with Gasteiger partial charge < -0.3 is 4.74 Å². The van der Waals surface area contributed by atoms with Crippen LogP contribution in [-0.4, -0.2) is 24.2 Å². The van der Waals surface area contributed by atoms with E-state index in [-0.39, 0.29) is 12.1 Å². The third kappa shape index (κ3) is 3.74. The SMILES string of the molecule is COC(C(C)C)C(Cc1nc(C)c(C)s1)NN. The van der Waals surface area contributed by atoms with Gasteiger partial charge in [0.05, 0.1) is 22.8 Å². The maximum absolute atomic E-state index is 5.63. The van der Waals surface area contributed by atoms with Gasteiger partial charge in [0.25, 0.3) is 0 Å². The highest BCUT2D eigenvalue weighted by Gasteiger charge is 2.24. The fraction of sp³-hybridized carbons (Fsp3) is 0.750. The molecule has 1 rings (SSSR count). The predicted molar refractivity (Wildman–Crippen MR) is 72.0 cm³/mol. The van der Waals surface area contributed by atoms with E-state index in [2.05, 4.69) is 31.2 Å². The van der Waals surface area contributed by atoms with Crippen molar-refractivity contribution in [3.63, 3.8) is 0 Å². The van der Waals surface area contributed by atoms with Gasteiger partial charge in [-0.2, -0.15) is 0 Å². The molecule has 3 N–H and O–H groups in total. The molecule has 0 spiro atoms. The average Bonchev–Trinajstić information content (AvgIpc) is 2.57. The molecule has 0 aliphatic rings. The van der Waals surface area contributed by atoms with E-state index in [0.29, 0.717) is 5.92 Å². The maximum atomic E-state index is 5.63. The number of aryl methyl sites for hydroxylation is 2. The Morgan fingerprint density at radius 3 is 2.41 bits per heavy atom. The van der Waals surface area contributed by atoms with Gasteiger partial charge in [-0.3, -0.25) is 11.3 Å². The molecule has 1 aromatic rings. The lowest BCUT2D eigenvalue weighted by Crippen LogP contribution is -2.48. The molecule has 0 saturated heterocycles. The number of aromatic nitrogens is 1. The van der Waals surface area contributed by atoms with Gasteiger partial charge in [-0.25, -0.2) is 4.98 Å². The van der Waals surface area contributed by atoms with Crippen molar-refractivity contribution >= 4 is 11.3 Å². The van der Waals surface area contributed by atoms with Crippen LogP contribution >= 0.6 is 11.3 Å². The van der Waals surface area contributed by atoms with Crippen LogP contribution in [0.5, 0.6) is 0 Å². The number of rotatable bonds is 6. The molecule has 17 heavy (non-hydrogen) atoms. The number of thiazole rings is 1. The molecule has 4 nitrogen and oxygen atoms in total. The summed E-state index contributed by atoms with van der Waals surface area (Å²) in [6.07, 6.45) is 0.913. The molecule has 0 radical (unpaired) electrons. The number of hydrazine groups is 1. The topological polar surface area (TPSA) is 60.2 Å². The van der Waals surface area contributed by atoms with E-state index in [9.17, 15) is 0 Å². The van der Waals surface area contributed by atoms with Crippen LogP contribution in [0.2, 0.25) is 0 Å². The summed E-state index contributed by atoms with van der Waals surface area (Å²) in [7, 11) is 1.73. The molecule has 98 valence electrons. The zero-order valence-corrected chi connectivity index (χ0v) is 12.1. The number of hydrogen-bond donors (Lipinski definition) is 2. The first-order chi connectivity index (χ1) is 7.99. The Kier molecular flexibility index (Phi) is 5.52. The molecule has 0 aliphatic heterocycles. The Hall–Kier alpha value is -0.490. The first kappa shape index (κ1) is 14.6. The van der Waals surface area contributed by atoms with Crippen molar-refractivity contribution in [2.24, 2.45) is 11.8 Å². The van der Waals surface area contributed by atoms with Crippen molar-refractivity contribution in [1.29, 1.82) is 0 Å². The van der Waals surface area contributed by atoms with Crippen molar-refractivity contribution in [1.82, 2.24) is 10.4 Å². The largest absolute Gasteiger partial charge is 0.380 e. The van der Waals surface area contributed by atoms with Crippen molar-refractivity contribution < 1.29 is 4.74 Å². The lowest BCUT2D eigenvalue weighted by Gasteiger charge is -2.27. The molecular weight excluding hydrogens is 234 g/mol. The van der Waals surface area contributed by atoms with Crippen molar-refractivity contribution in [3.8, 4) is 0 Å². The van der Waals surface area contributed by atoms with Crippen molar-refractivity contribution in [2.45, 2.75) is 46.3 Å². The van der Waals surface area contributed by atoms with E-state index in [1.807, 2.05) is 6.92 Å². The second kappa shape index (κ2) is 6.44. The third-order valence-corrected chi connectivity index (χ3v) is 4.10. The fourth-order valence-corrected chi connectivity index (χ4v) is 2.98. The lowest BCUT2D eigenvalue weighted by atomic mass is 9.98. The van der Waals surface area contributed by atoms with Crippen LogP contribution in [0.25, 0.3) is 0 Å². The second-order valence-corrected chi connectivity index (χ2v) is 5.96. The Labute approximate surface area is 108 Å². The molecule has 0 aromatic carbocycles. The van der Waals surface area contributed by atoms with E-state index in [1.165, 1.54) is 4.88 Å². The minimum Gasteiger partial charge on any atom is -0.380 e. The van der Waals surface area contributed by atoms with E-state index in [1.54, 1.807) is 18.4 Å². The number of nitrogens with one attached hydrogen (secondary N) is 1. The van der Waals surface area contributed by atoms with Crippen LogP contribution in [0.15, 0.2) is 0 Å². The summed E-state index contributed by atoms with van der Waals surface area (Å²) in [5.41, 5.74) is 3.96. The van der Waals surface area contributed by atoms with Gasteiger partial charge in [-0.05, 0) is 19.8 Å². The van der Waals surface area contributed by atoms with Gasteiger partial charge in [-0.15, -0.1) is 11.3 Å². The summed E-state index contributed by atoms with van der Waals surface area (Å²) >= 11 is 1.74. The summed E-state index contributed by atoms with van der Waals surface area (Å²) in [5, 5.41) is 1.12. The Bertz CT molecular complexity index is 332. The molecule has 0 bridgehead atoms. The first-order valence-electron chi connectivity index (χ1n) is 5.91. The Morgan fingerprint density at radius 2 is 2.06 bits per heavy atom. The standard InChI is InChI=1S/C12H23N3OS/c1-7(2)12(16-5)10(15-13)6-11-14-8(3)9(4)17-11/h7,10,12,15H,6,13H2,1-5H3. The van der Waals surface area contributed by atoms with Crippen LogP contribution in [0.4, 0.5) is 0 Å². The maximum Gasteiger partial charge on any atom is 0.0947 e. The first-order valence-corrected chi connectivity index (χ1v) is 6.73.